The van der Waals surface area contributed by atoms with E-state index in [1.54, 1.807) is 26.0 Å². The third-order valence-electron chi connectivity index (χ3n) is 7.12. The van der Waals surface area contributed by atoms with Crippen molar-refractivity contribution in [2.75, 3.05) is 33.4 Å². The lowest BCUT2D eigenvalue weighted by Crippen LogP contribution is -2.50. The molecule has 3 aromatic rings. The van der Waals surface area contributed by atoms with Crippen LogP contribution >= 0.6 is 7.60 Å². The van der Waals surface area contributed by atoms with Gasteiger partial charge in [-0.2, -0.15) is 4.31 Å². The van der Waals surface area contributed by atoms with Crippen molar-refractivity contribution in [1.82, 2.24) is 9.62 Å². The van der Waals surface area contributed by atoms with E-state index in [0.717, 1.165) is 11.1 Å². The summed E-state index contributed by atoms with van der Waals surface area (Å²) in [6, 6.07) is 22.6. The monoisotopic (exact) mass is 646 g/mol. The average Bonchev–Trinajstić information content (AvgIpc) is 3.00. The van der Waals surface area contributed by atoms with Crippen LogP contribution in [0.1, 0.15) is 50.2 Å². The van der Waals surface area contributed by atoms with E-state index in [4.69, 9.17) is 13.8 Å². The van der Waals surface area contributed by atoms with Gasteiger partial charge in [-0.3, -0.25) is 9.88 Å². The van der Waals surface area contributed by atoms with Gasteiger partial charge in [0.15, 0.2) is 0 Å². The summed E-state index contributed by atoms with van der Waals surface area (Å²) in [5.74, 6) is -0.378. The largest absolute Gasteiger partial charge is 0.497 e. The van der Waals surface area contributed by atoms with Crippen molar-refractivity contribution in [3.63, 3.8) is 0 Å². The molecule has 9 nitrogen and oxygen atoms in total. The zero-order valence-corrected chi connectivity index (χ0v) is 28.3. The van der Waals surface area contributed by atoms with E-state index in [1.807, 2.05) is 75.4 Å². The Morgan fingerprint density at radius 1 is 0.886 bits per heavy atom. The third-order valence-corrected chi connectivity index (χ3v) is 11.3. The van der Waals surface area contributed by atoms with Gasteiger partial charge in [-0.25, -0.2) is 8.42 Å². The van der Waals surface area contributed by atoms with Crippen LogP contribution in [0.25, 0.3) is 0 Å². The Morgan fingerprint density at radius 3 is 2.00 bits per heavy atom. The van der Waals surface area contributed by atoms with Crippen molar-refractivity contribution in [3.05, 3.63) is 95.6 Å². The maximum atomic E-state index is 14.3. The van der Waals surface area contributed by atoms with E-state index >= 15 is 0 Å². The molecule has 0 aromatic heterocycles. The van der Waals surface area contributed by atoms with Crippen LogP contribution in [-0.2, 0) is 30.1 Å². The summed E-state index contributed by atoms with van der Waals surface area (Å²) < 4.78 is 60.1. The number of hydrogen-bond donors (Lipinski definition) is 2. The highest BCUT2D eigenvalue weighted by atomic mass is 32.2. The molecular formula is C33H47N2O7PS. The van der Waals surface area contributed by atoms with Crippen molar-refractivity contribution < 1.29 is 31.9 Å². The average molecular weight is 647 g/mol. The molecule has 44 heavy (non-hydrogen) atoms. The van der Waals surface area contributed by atoms with Crippen LogP contribution in [0.2, 0.25) is 0 Å². The van der Waals surface area contributed by atoms with Gasteiger partial charge in [0.2, 0.25) is 10.0 Å². The van der Waals surface area contributed by atoms with Crippen LogP contribution in [0, 0.1) is 12.8 Å². The van der Waals surface area contributed by atoms with Crippen LogP contribution in [0.3, 0.4) is 0 Å². The van der Waals surface area contributed by atoms with Gasteiger partial charge in [-0.05, 0) is 68.5 Å². The molecule has 11 heteroatoms. The third kappa shape index (κ3) is 9.72. The Bertz CT molecular complexity index is 1430. The van der Waals surface area contributed by atoms with Gasteiger partial charge >= 0.3 is 7.60 Å². The molecule has 0 aliphatic carbocycles. The summed E-state index contributed by atoms with van der Waals surface area (Å²) in [7, 11) is -6.23. The second kappa shape index (κ2) is 16.7. The summed E-state index contributed by atoms with van der Waals surface area (Å²) in [5.41, 5.74) is 2.63. The zero-order chi connectivity index (χ0) is 32.3. The molecular weight excluding hydrogens is 599 g/mol. The Morgan fingerprint density at radius 2 is 1.48 bits per heavy atom. The number of benzene rings is 3. The summed E-state index contributed by atoms with van der Waals surface area (Å²) >= 11 is 0. The maximum Gasteiger partial charge on any atom is 0.351 e. The molecule has 242 valence electrons. The van der Waals surface area contributed by atoms with Gasteiger partial charge < -0.3 is 18.9 Å². The number of aryl methyl sites for hydroxylation is 1. The first kappa shape index (κ1) is 35.9. The SMILES string of the molecule is CCOP(=O)(OCC)C(N[C@@H](Cc1ccccc1)[C@@H](O)CN(CC(C)C)S(=O)(=O)c1ccc(OC)cc1)c1ccc(C)cc1. The van der Waals surface area contributed by atoms with Crippen LogP contribution in [-0.4, -0.2) is 63.4 Å². The molecule has 0 saturated carbocycles. The Kier molecular flexibility index (Phi) is 13.6. The second-order valence-electron chi connectivity index (χ2n) is 11.1. The summed E-state index contributed by atoms with van der Waals surface area (Å²) in [4.78, 5) is 0.105. The molecule has 2 N–H and O–H groups in total. The molecule has 3 aromatic carbocycles. The lowest BCUT2D eigenvalue weighted by molar-refractivity contribution is 0.0968. The van der Waals surface area contributed by atoms with Crippen LogP contribution in [0.4, 0.5) is 0 Å². The first-order valence-electron chi connectivity index (χ1n) is 15.0. The minimum absolute atomic E-state index is 0.00723. The standard InChI is InChI=1S/C33H47N2O7PS/c1-7-41-43(37,42-8-2)33(28-16-14-26(5)15-17-28)34-31(22-27-12-10-9-11-13-27)32(36)24-35(23-25(3)4)44(38,39)30-20-18-29(40-6)19-21-30/h9-21,25,31-34,36H,7-8,22-24H2,1-6H3/t31-,32-,33?/m0/s1. The highest BCUT2D eigenvalue weighted by Crippen LogP contribution is 2.59. The van der Waals surface area contributed by atoms with E-state index in [2.05, 4.69) is 5.32 Å². The fourth-order valence-corrected chi connectivity index (χ4v) is 8.58. The molecule has 0 aliphatic heterocycles. The number of aliphatic hydroxyl groups is 1. The molecule has 0 amide bonds. The van der Waals surface area contributed by atoms with Gasteiger partial charge in [0.05, 0.1) is 31.3 Å². The van der Waals surface area contributed by atoms with Crippen LogP contribution in [0.15, 0.2) is 83.8 Å². The van der Waals surface area contributed by atoms with E-state index in [0.29, 0.717) is 17.7 Å². The van der Waals surface area contributed by atoms with Gasteiger partial charge in [0.25, 0.3) is 0 Å². The predicted molar refractivity (Wildman–Crippen MR) is 174 cm³/mol. The minimum atomic E-state index is -3.97. The lowest BCUT2D eigenvalue weighted by Gasteiger charge is -2.35. The first-order valence-corrected chi connectivity index (χ1v) is 18.1. The number of nitrogens with zero attached hydrogens (tertiary/aromatic N) is 1. The number of nitrogens with one attached hydrogen (secondary N) is 1. The molecule has 0 saturated heterocycles. The van der Waals surface area contributed by atoms with Gasteiger partial charge in [0, 0.05) is 19.1 Å². The smallest absolute Gasteiger partial charge is 0.351 e. The normalized spacial score (nSPS) is 14.5. The van der Waals surface area contributed by atoms with Crippen molar-refractivity contribution in [2.45, 2.75) is 63.9 Å². The molecule has 0 spiro atoms. The molecule has 0 bridgehead atoms. The zero-order valence-electron chi connectivity index (χ0n) is 26.5. The minimum Gasteiger partial charge on any atom is -0.497 e. The number of sulfonamides is 1. The van der Waals surface area contributed by atoms with E-state index in [-0.39, 0.29) is 37.1 Å². The molecule has 0 fully saturated rings. The molecule has 3 rings (SSSR count). The lowest BCUT2D eigenvalue weighted by atomic mass is 10.00. The van der Waals surface area contributed by atoms with E-state index in [1.165, 1.54) is 23.5 Å². The van der Waals surface area contributed by atoms with Crippen LogP contribution in [0.5, 0.6) is 5.75 Å². The maximum absolute atomic E-state index is 14.3. The second-order valence-corrected chi connectivity index (χ2v) is 15.2. The summed E-state index contributed by atoms with van der Waals surface area (Å²) in [6.07, 6.45) is -0.854. The van der Waals surface area contributed by atoms with Crippen molar-refractivity contribution in [2.24, 2.45) is 5.92 Å². The topological polar surface area (TPSA) is 114 Å². The molecule has 0 aliphatic rings. The quantitative estimate of drug-likeness (QED) is 0.158. The summed E-state index contributed by atoms with van der Waals surface area (Å²) in [5, 5.41) is 15.3. The highest BCUT2D eigenvalue weighted by Gasteiger charge is 2.40. The molecule has 3 atom stereocenters. The molecule has 0 radical (unpaired) electrons. The first-order chi connectivity index (χ1) is 20.9. The number of rotatable bonds is 18. The number of hydrogen-bond acceptors (Lipinski definition) is 8. The van der Waals surface area contributed by atoms with Crippen molar-refractivity contribution in [3.8, 4) is 5.75 Å². The Hall–Kier alpha value is -2.56. The molecule has 0 heterocycles. The van der Waals surface area contributed by atoms with Gasteiger partial charge in [-0.15, -0.1) is 0 Å². The fraction of sp³-hybridized carbons (Fsp3) is 0.455. The number of methoxy groups -OCH3 is 1. The van der Waals surface area contributed by atoms with Crippen molar-refractivity contribution >= 4 is 17.6 Å². The highest BCUT2D eigenvalue weighted by molar-refractivity contribution is 7.89. The van der Waals surface area contributed by atoms with Gasteiger partial charge in [-0.1, -0.05) is 74.0 Å². The number of aliphatic hydroxyl groups excluding tert-OH is 1. The fourth-order valence-electron chi connectivity index (χ4n) is 4.95. The van der Waals surface area contributed by atoms with Crippen LogP contribution < -0.4 is 10.1 Å². The predicted octanol–water partition coefficient (Wildman–Crippen LogP) is 6.18. The Labute approximate surface area is 263 Å². The number of ether oxygens (including phenoxy) is 1. The van der Waals surface area contributed by atoms with Gasteiger partial charge in [0.1, 0.15) is 11.5 Å². The van der Waals surface area contributed by atoms with Crippen molar-refractivity contribution in [1.29, 1.82) is 0 Å². The Balaban J connectivity index is 2.04. The van der Waals surface area contributed by atoms with E-state index in [9.17, 15) is 18.1 Å². The van der Waals surface area contributed by atoms with E-state index < -0.39 is 35.5 Å². The molecule has 1 unspecified atom stereocenters. The summed E-state index contributed by atoms with van der Waals surface area (Å²) in [6.45, 7) is 9.65.